The zero-order valence-corrected chi connectivity index (χ0v) is 12.5. The van der Waals surface area contributed by atoms with Crippen molar-refractivity contribution in [3.63, 3.8) is 0 Å². The third-order valence-electron chi connectivity index (χ3n) is 3.85. The quantitative estimate of drug-likeness (QED) is 0.801. The molecule has 0 saturated carbocycles. The third kappa shape index (κ3) is 2.76. The Morgan fingerprint density at radius 1 is 1.43 bits per heavy atom. The number of para-hydroxylation sites is 1. The minimum atomic E-state index is -3.00. The number of amides is 1. The van der Waals surface area contributed by atoms with Crippen LogP contribution in [0, 0.1) is 0 Å². The van der Waals surface area contributed by atoms with Crippen LogP contribution in [0.2, 0.25) is 0 Å². The van der Waals surface area contributed by atoms with Gasteiger partial charge >= 0.3 is 0 Å². The molecule has 0 N–H and O–H groups in total. The van der Waals surface area contributed by atoms with Crippen molar-refractivity contribution in [1.82, 2.24) is 19.9 Å². The predicted octanol–water partition coefficient (Wildman–Crippen LogP) is 0.0768. The Kier molecular flexibility index (Phi) is 3.40. The molecule has 112 valence electrons. The van der Waals surface area contributed by atoms with Crippen molar-refractivity contribution in [3.8, 4) is 0 Å². The van der Waals surface area contributed by atoms with Gasteiger partial charge in [-0.05, 0) is 18.6 Å². The Balaban J connectivity index is 1.74. The van der Waals surface area contributed by atoms with Crippen LogP contribution in [-0.2, 0) is 21.2 Å². The summed E-state index contributed by atoms with van der Waals surface area (Å²) in [6, 6.07) is 7.16. The molecule has 0 spiro atoms. The van der Waals surface area contributed by atoms with Crippen LogP contribution in [-0.4, -0.2) is 58.8 Å². The smallest absolute Gasteiger partial charge is 0.244 e. The summed E-state index contributed by atoms with van der Waals surface area (Å²) in [7, 11) is -1.35. The first-order valence-corrected chi connectivity index (χ1v) is 8.53. The molecular formula is C13H16N4O3S. The maximum atomic E-state index is 12.3. The van der Waals surface area contributed by atoms with Crippen molar-refractivity contribution < 1.29 is 13.2 Å². The van der Waals surface area contributed by atoms with E-state index in [4.69, 9.17) is 0 Å². The fraction of sp³-hybridized carbons (Fsp3) is 0.462. The number of rotatable bonds is 3. The second-order valence-electron chi connectivity index (χ2n) is 5.30. The van der Waals surface area contributed by atoms with Gasteiger partial charge in [-0.2, -0.15) is 0 Å². The van der Waals surface area contributed by atoms with Gasteiger partial charge in [0.05, 0.1) is 17.0 Å². The van der Waals surface area contributed by atoms with Crippen LogP contribution in [0.5, 0.6) is 0 Å². The lowest BCUT2D eigenvalue weighted by Crippen LogP contribution is -2.39. The van der Waals surface area contributed by atoms with Gasteiger partial charge in [0.15, 0.2) is 9.84 Å². The molecule has 7 nitrogen and oxygen atoms in total. The van der Waals surface area contributed by atoms with E-state index in [1.54, 1.807) is 7.05 Å². The molecule has 2 heterocycles. The van der Waals surface area contributed by atoms with E-state index < -0.39 is 9.84 Å². The number of carbonyl (C=O) groups excluding carboxylic acids is 1. The van der Waals surface area contributed by atoms with Gasteiger partial charge in [0.1, 0.15) is 12.1 Å². The van der Waals surface area contributed by atoms with Gasteiger partial charge in [0.2, 0.25) is 5.91 Å². The largest absolute Gasteiger partial charge is 0.340 e. The number of likely N-dealkylation sites (N-methyl/N-ethyl adjacent to an activating group) is 1. The van der Waals surface area contributed by atoms with Crippen molar-refractivity contribution in [2.75, 3.05) is 18.6 Å². The van der Waals surface area contributed by atoms with Crippen LogP contribution in [0.1, 0.15) is 6.42 Å². The van der Waals surface area contributed by atoms with Gasteiger partial charge < -0.3 is 4.90 Å². The summed E-state index contributed by atoms with van der Waals surface area (Å²) in [6.45, 7) is 0.0631. The summed E-state index contributed by atoms with van der Waals surface area (Å²) in [5, 5.41) is 7.97. The number of benzene rings is 1. The third-order valence-corrected chi connectivity index (χ3v) is 5.61. The average molecular weight is 308 g/mol. The van der Waals surface area contributed by atoms with Crippen molar-refractivity contribution in [2.45, 2.75) is 19.0 Å². The second kappa shape index (κ2) is 5.10. The van der Waals surface area contributed by atoms with Gasteiger partial charge in [0, 0.05) is 13.1 Å². The van der Waals surface area contributed by atoms with E-state index in [2.05, 4.69) is 10.3 Å². The van der Waals surface area contributed by atoms with Crippen LogP contribution in [0.15, 0.2) is 24.3 Å². The van der Waals surface area contributed by atoms with Crippen molar-refractivity contribution >= 4 is 26.8 Å². The topological polar surface area (TPSA) is 85.2 Å². The first-order chi connectivity index (χ1) is 9.96. The Morgan fingerprint density at radius 3 is 2.90 bits per heavy atom. The molecular weight excluding hydrogens is 292 g/mol. The molecule has 0 bridgehead atoms. The molecule has 2 aromatic rings. The monoisotopic (exact) mass is 308 g/mol. The molecule has 1 saturated heterocycles. The molecule has 8 heteroatoms. The Bertz CT molecular complexity index is 784. The average Bonchev–Trinajstić information content (AvgIpc) is 3.02. The number of fused-ring (bicyclic) bond motifs is 1. The summed E-state index contributed by atoms with van der Waals surface area (Å²) in [6.07, 6.45) is 0.503. The SMILES string of the molecule is CN(C(=O)Cn1nnc2ccccc21)C1CCS(=O)(=O)C1. The highest BCUT2D eigenvalue weighted by Crippen LogP contribution is 2.17. The number of carbonyl (C=O) groups is 1. The molecule has 1 atom stereocenters. The molecule has 3 rings (SSSR count). The van der Waals surface area contributed by atoms with E-state index >= 15 is 0 Å². The van der Waals surface area contributed by atoms with E-state index in [-0.39, 0.29) is 30.0 Å². The zero-order chi connectivity index (χ0) is 15.0. The standard InChI is InChI=1S/C13H16N4O3S/c1-16(10-6-7-21(19,20)9-10)13(18)8-17-12-5-3-2-4-11(12)14-15-17/h2-5,10H,6-9H2,1H3. The number of aromatic nitrogens is 3. The highest BCUT2D eigenvalue weighted by Gasteiger charge is 2.32. The molecule has 1 fully saturated rings. The zero-order valence-electron chi connectivity index (χ0n) is 11.6. The van der Waals surface area contributed by atoms with Crippen LogP contribution in [0.25, 0.3) is 11.0 Å². The Labute approximate surface area is 122 Å². The summed E-state index contributed by atoms with van der Waals surface area (Å²) < 4.78 is 24.5. The number of hydrogen-bond donors (Lipinski definition) is 0. The number of hydrogen-bond acceptors (Lipinski definition) is 5. The fourth-order valence-electron chi connectivity index (χ4n) is 2.56. The number of sulfone groups is 1. The van der Waals surface area contributed by atoms with Crippen LogP contribution < -0.4 is 0 Å². The summed E-state index contributed by atoms with van der Waals surface area (Å²) in [5.41, 5.74) is 1.52. The maximum Gasteiger partial charge on any atom is 0.244 e. The highest BCUT2D eigenvalue weighted by atomic mass is 32.2. The van der Waals surface area contributed by atoms with E-state index in [1.807, 2.05) is 24.3 Å². The van der Waals surface area contributed by atoms with E-state index in [9.17, 15) is 13.2 Å². The minimum Gasteiger partial charge on any atom is -0.340 e. The van der Waals surface area contributed by atoms with Crippen LogP contribution in [0.3, 0.4) is 0 Å². The van der Waals surface area contributed by atoms with Crippen molar-refractivity contribution in [2.24, 2.45) is 0 Å². The lowest BCUT2D eigenvalue weighted by molar-refractivity contribution is -0.132. The normalized spacial score (nSPS) is 20.7. The van der Waals surface area contributed by atoms with Gasteiger partial charge in [0.25, 0.3) is 0 Å². The van der Waals surface area contributed by atoms with Crippen molar-refractivity contribution in [1.29, 1.82) is 0 Å². The lowest BCUT2D eigenvalue weighted by Gasteiger charge is -2.23. The van der Waals surface area contributed by atoms with E-state index in [0.717, 1.165) is 11.0 Å². The predicted molar refractivity (Wildman–Crippen MR) is 77.4 cm³/mol. The number of nitrogens with zero attached hydrogens (tertiary/aromatic N) is 4. The molecule has 1 unspecified atom stereocenters. The van der Waals surface area contributed by atoms with Crippen LogP contribution in [0.4, 0.5) is 0 Å². The molecule has 0 aliphatic carbocycles. The van der Waals surface area contributed by atoms with Gasteiger partial charge in [-0.25, -0.2) is 13.1 Å². The Hall–Kier alpha value is -1.96. The minimum absolute atomic E-state index is 0.0490. The second-order valence-corrected chi connectivity index (χ2v) is 7.53. The highest BCUT2D eigenvalue weighted by molar-refractivity contribution is 7.91. The molecule has 1 aliphatic rings. The first kappa shape index (κ1) is 14.0. The van der Waals surface area contributed by atoms with Gasteiger partial charge in [-0.3, -0.25) is 4.79 Å². The maximum absolute atomic E-state index is 12.3. The van der Waals surface area contributed by atoms with Gasteiger partial charge in [-0.15, -0.1) is 5.10 Å². The van der Waals surface area contributed by atoms with Gasteiger partial charge in [-0.1, -0.05) is 17.3 Å². The Morgan fingerprint density at radius 2 is 2.19 bits per heavy atom. The molecule has 1 amide bonds. The molecule has 21 heavy (non-hydrogen) atoms. The summed E-state index contributed by atoms with van der Waals surface area (Å²) in [5.74, 6) is 0.0438. The first-order valence-electron chi connectivity index (χ1n) is 6.70. The van der Waals surface area contributed by atoms with E-state index in [0.29, 0.717) is 6.42 Å². The fourth-order valence-corrected chi connectivity index (χ4v) is 4.33. The lowest BCUT2D eigenvalue weighted by atomic mass is 10.2. The summed E-state index contributed by atoms with van der Waals surface area (Å²) in [4.78, 5) is 13.8. The van der Waals surface area contributed by atoms with E-state index in [1.165, 1.54) is 9.58 Å². The van der Waals surface area contributed by atoms with Crippen molar-refractivity contribution in [3.05, 3.63) is 24.3 Å². The molecule has 0 radical (unpaired) electrons. The molecule has 1 aromatic heterocycles. The summed E-state index contributed by atoms with van der Waals surface area (Å²) >= 11 is 0. The molecule has 1 aromatic carbocycles. The van der Waals surface area contributed by atoms with Crippen LogP contribution >= 0.6 is 0 Å². The molecule has 1 aliphatic heterocycles.